The Labute approximate surface area is 103 Å². The molecule has 1 aromatic rings. The third kappa shape index (κ3) is 3.42. The van der Waals surface area contributed by atoms with Crippen molar-refractivity contribution in [1.29, 1.82) is 0 Å². The first-order valence-electron chi connectivity index (χ1n) is 5.99. The van der Waals surface area contributed by atoms with Crippen LogP contribution in [0.25, 0.3) is 0 Å². The van der Waals surface area contributed by atoms with E-state index in [1.165, 1.54) is 43.6 Å². The third-order valence-corrected chi connectivity index (χ3v) is 3.44. The molecule has 0 aliphatic carbocycles. The van der Waals surface area contributed by atoms with Crippen LogP contribution in [-0.4, -0.2) is 24.2 Å². The highest BCUT2D eigenvalue weighted by Crippen LogP contribution is 2.17. The first kappa shape index (κ1) is 11.8. The smallest absolute Gasteiger partial charge is 0.0443 e. The molecule has 0 spiro atoms. The minimum Gasteiger partial charge on any atom is -0.330 e. The third-order valence-electron chi connectivity index (χ3n) is 3.00. The van der Waals surface area contributed by atoms with Crippen molar-refractivity contribution in [3.63, 3.8) is 0 Å². The summed E-state index contributed by atoms with van der Waals surface area (Å²) in [6.07, 6.45) is 6.19. The van der Waals surface area contributed by atoms with Crippen LogP contribution in [0.2, 0.25) is 0 Å². The van der Waals surface area contributed by atoms with E-state index in [1.54, 1.807) is 11.9 Å². The van der Waals surface area contributed by atoms with E-state index in [2.05, 4.69) is 40.1 Å². The summed E-state index contributed by atoms with van der Waals surface area (Å²) < 4.78 is 3.28. The molecule has 1 heterocycles. The van der Waals surface area contributed by atoms with Gasteiger partial charge in [-0.3, -0.25) is 4.90 Å². The summed E-state index contributed by atoms with van der Waals surface area (Å²) in [7, 11) is 0. The lowest BCUT2D eigenvalue weighted by molar-refractivity contribution is 0.221. The maximum atomic E-state index is 3.28. The van der Waals surface area contributed by atoms with Gasteiger partial charge in [-0.05, 0) is 43.6 Å². The Bertz CT molecular complexity index is 321. The highest BCUT2D eigenvalue weighted by molar-refractivity contribution is 7.99. The van der Waals surface area contributed by atoms with Crippen LogP contribution in [0.5, 0.6) is 0 Å². The van der Waals surface area contributed by atoms with Crippen LogP contribution < -0.4 is 4.72 Å². The summed E-state index contributed by atoms with van der Waals surface area (Å²) in [5.41, 5.74) is 2.63. The molecule has 1 aliphatic rings. The van der Waals surface area contributed by atoms with Crippen LogP contribution in [0.15, 0.2) is 24.3 Å². The van der Waals surface area contributed by atoms with E-state index in [9.17, 15) is 0 Å². The first-order chi connectivity index (χ1) is 7.88. The Balaban J connectivity index is 1.94. The number of piperidine rings is 1. The van der Waals surface area contributed by atoms with Crippen LogP contribution in [0, 0.1) is 0 Å². The summed E-state index contributed by atoms with van der Waals surface area (Å²) in [5, 5.41) is 0. The molecule has 0 aromatic heterocycles. The normalized spacial score (nSPS) is 17.3. The Hall–Kier alpha value is -0.670. The number of anilines is 1. The Morgan fingerprint density at radius 1 is 1.25 bits per heavy atom. The van der Waals surface area contributed by atoms with Gasteiger partial charge in [-0.2, -0.15) is 0 Å². The van der Waals surface area contributed by atoms with Gasteiger partial charge in [-0.1, -0.05) is 30.5 Å². The minimum absolute atomic E-state index is 1.10. The second-order valence-electron chi connectivity index (χ2n) is 4.34. The quantitative estimate of drug-likeness (QED) is 0.807. The van der Waals surface area contributed by atoms with Gasteiger partial charge in [0.25, 0.3) is 0 Å². The Morgan fingerprint density at radius 3 is 2.81 bits per heavy atom. The Morgan fingerprint density at radius 2 is 2.06 bits per heavy atom. The highest BCUT2D eigenvalue weighted by atomic mass is 32.2. The van der Waals surface area contributed by atoms with E-state index in [0.29, 0.717) is 0 Å². The molecular weight excluding hydrogens is 216 g/mol. The summed E-state index contributed by atoms with van der Waals surface area (Å²) in [6, 6.07) is 8.74. The second kappa shape index (κ2) is 6.16. The molecule has 2 nitrogen and oxygen atoms in total. The van der Waals surface area contributed by atoms with Crippen LogP contribution in [0.1, 0.15) is 24.8 Å². The van der Waals surface area contributed by atoms with Gasteiger partial charge in [-0.15, -0.1) is 0 Å². The number of hydrogen-bond acceptors (Lipinski definition) is 3. The number of hydrogen-bond donors (Lipinski definition) is 1. The van der Waals surface area contributed by atoms with Crippen LogP contribution in [0.3, 0.4) is 0 Å². The van der Waals surface area contributed by atoms with E-state index < -0.39 is 0 Å². The van der Waals surface area contributed by atoms with Gasteiger partial charge in [0.05, 0.1) is 0 Å². The summed E-state index contributed by atoms with van der Waals surface area (Å²) >= 11 is 1.65. The van der Waals surface area contributed by atoms with Crippen LogP contribution in [0.4, 0.5) is 5.69 Å². The molecular formula is C13H20N2S. The van der Waals surface area contributed by atoms with E-state index in [-0.39, 0.29) is 0 Å². The summed E-state index contributed by atoms with van der Waals surface area (Å²) in [5.74, 6) is 0. The maximum absolute atomic E-state index is 3.28. The molecule has 1 aliphatic heterocycles. The average Bonchev–Trinajstić information content (AvgIpc) is 2.31. The van der Waals surface area contributed by atoms with E-state index in [4.69, 9.17) is 0 Å². The number of likely N-dealkylation sites (tertiary alicyclic amines) is 1. The summed E-state index contributed by atoms with van der Waals surface area (Å²) in [4.78, 5) is 2.56. The molecule has 0 saturated carbocycles. The molecule has 1 aromatic carbocycles. The fraction of sp³-hybridized carbons (Fsp3) is 0.538. The molecule has 16 heavy (non-hydrogen) atoms. The first-order valence-corrected chi connectivity index (χ1v) is 7.21. The molecule has 1 saturated heterocycles. The van der Waals surface area contributed by atoms with Crippen molar-refractivity contribution in [3.05, 3.63) is 29.8 Å². The van der Waals surface area contributed by atoms with Crippen LogP contribution in [-0.2, 0) is 6.54 Å². The fourth-order valence-corrected chi connectivity index (χ4v) is 2.59. The maximum Gasteiger partial charge on any atom is 0.0443 e. The van der Waals surface area contributed by atoms with Gasteiger partial charge in [0, 0.05) is 18.5 Å². The Kier molecular flexibility index (Phi) is 4.55. The average molecular weight is 236 g/mol. The van der Waals surface area contributed by atoms with Crippen molar-refractivity contribution >= 4 is 17.6 Å². The molecule has 1 fully saturated rings. The van der Waals surface area contributed by atoms with Crippen molar-refractivity contribution < 1.29 is 0 Å². The van der Waals surface area contributed by atoms with E-state index in [1.807, 2.05) is 0 Å². The van der Waals surface area contributed by atoms with Gasteiger partial charge in [0.15, 0.2) is 0 Å². The zero-order chi connectivity index (χ0) is 11.2. The van der Waals surface area contributed by atoms with Crippen molar-refractivity contribution in [2.75, 3.05) is 24.1 Å². The highest BCUT2D eigenvalue weighted by Gasteiger charge is 2.10. The molecule has 3 heteroatoms. The number of nitrogens with zero attached hydrogens (tertiary/aromatic N) is 1. The zero-order valence-electron chi connectivity index (χ0n) is 9.91. The lowest BCUT2D eigenvalue weighted by atomic mass is 10.1. The monoisotopic (exact) mass is 236 g/mol. The topological polar surface area (TPSA) is 15.3 Å². The van der Waals surface area contributed by atoms with Crippen molar-refractivity contribution in [3.8, 4) is 0 Å². The van der Waals surface area contributed by atoms with Crippen LogP contribution >= 0.6 is 11.9 Å². The van der Waals surface area contributed by atoms with Gasteiger partial charge >= 0.3 is 0 Å². The molecule has 1 N–H and O–H groups in total. The second-order valence-corrected chi connectivity index (χ2v) is 4.96. The van der Waals surface area contributed by atoms with E-state index >= 15 is 0 Å². The van der Waals surface area contributed by atoms with Gasteiger partial charge in [0.1, 0.15) is 0 Å². The SMILES string of the molecule is CSNc1cccc(CN2CCCCC2)c1. The summed E-state index contributed by atoms with van der Waals surface area (Å²) in [6.45, 7) is 3.63. The van der Waals surface area contributed by atoms with Gasteiger partial charge < -0.3 is 4.72 Å². The fourth-order valence-electron chi connectivity index (χ4n) is 2.23. The molecule has 0 atom stereocenters. The lowest BCUT2D eigenvalue weighted by Gasteiger charge is -2.26. The molecule has 0 amide bonds. The minimum atomic E-state index is 1.10. The molecule has 0 bridgehead atoms. The zero-order valence-corrected chi connectivity index (χ0v) is 10.7. The number of rotatable bonds is 4. The molecule has 2 rings (SSSR count). The predicted molar refractivity (Wildman–Crippen MR) is 72.7 cm³/mol. The number of benzene rings is 1. The number of nitrogens with one attached hydrogen (secondary N) is 1. The van der Waals surface area contributed by atoms with Crippen molar-refractivity contribution in [2.45, 2.75) is 25.8 Å². The largest absolute Gasteiger partial charge is 0.330 e. The van der Waals surface area contributed by atoms with E-state index in [0.717, 1.165) is 6.54 Å². The molecule has 0 radical (unpaired) electrons. The van der Waals surface area contributed by atoms with Crippen molar-refractivity contribution in [1.82, 2.24) is 4.90 Å². The predicted octanol–water partition coefficient (Wildman–Crippen LogP) is 3.36. The molecule has 88 valence electrons. The standard InChI is InChI=1S/C13H20N2S/c1-16-14-13-7-5-6-12(10-13)11-15-8-3-2-4-9-15/h5-7,10,14H,2-4,8-9,11H2,1H3. The lowest BCUT2D eigenvalue weighted by Crippen LogP contribution is -2.29. The van der Waals surface area contributed by atoms with Crippen molar-refractivity contribution in [2.24, 2.45) is 0 Å². The van der Waals surface area contributed by atoms with Gasteiger partial charge in [-0.25, -0.2) is 0 Å². The van der Waals surface area contributed by atoms with Gasteiger partial charge in [0.2, 0.25) is 0 Å². The molecule has 0 unspecified atom stereocenters.